The van der Waals surface area contributed by atoms with Crippen LogP contribution in [0.3, 0.4) is 0 Å². The molecular weight excluding hydrogens is 386 g/mol. The highest BCUT2D eigenvalue weighted by Gasteiger charge is 2.49. The van der Waals surface area contributed by atoms with Gasteiger partial charge in [0.05, 0.1) is 16.6 Å². The molecule has 3 aliphatic heterocycles. The fourth-order valence-corrected chi connectivity index (χ4v) is 4.01. The normalized spacial score (nSPS) is 22.9. The SMILES string of the molecule is Cc1ccc(Br)c2oc(N3CC4CC(C3)N4C(=O)OC(C)(C)C)nc12. The summed E-state index contributed by atoms with van der Waals surface area (Å²) in [4.78, 5) is 21.0. The van der Waals surface area contributed by atoms with Crippen molar-refractivity contribution in [3.63, 3.8) is 0 Å². The van der Waals surface area contributed by atoms with Crippen molar-refractivity contribution in [3.05, 3.63) is 22.2 Å². The van der Waals surface area contributed by atoms with Gasteiger partial charge in [0.1, 0.15) is 11.1 Å². The molecule has 1 amide bonds. The van der Waals surface area contributed by atoms with Crippen LogP contribution in [-0.2, 0) is 4.74 Å². The van der Waals surface area contributed by atoms with E-state index < -0.39 is 5.60 Å². The quantitative estimate of drug-likeness (QED) is 0.711. The zero-order valence-electron chi connectivity index (χ0n) is 14.9. The molecule has 6 nitrogen and oxygen atoms in total. The van der Waals surface area contributed by atoms with Gasteiger partial charge in [-0.2, -0.15) is 4.98 Å². The molecule has 3 saturated heterocycles. The van der Waals surface area contributed by atoms with Gasteiger partial charge in [-0.25, -0.2) is 4.79 Å². The number of anilines is 1. The Morgan fingerprint density at radius 1 is 1.32 bits per heavy atom. The number of aryl methyl sites for hydroxylation is 1. The third kappa shape index (κ3) is 2.88. The number of amides is 1. The second-order valence-corrected chi connectivity index (χ2v) is 8.73. The summed E-state index contributed by atoms with van der Waals surface area (Å²) in [6.07, 6.45) is 0.795. The number of piperazine rings is 1. The summed E-state index contributed by atoms with van der Waals surface area (Å²) >= 11 is 3.52. The minimum Gasteiger partial charge on any atom is -0.444 e. The van der Waals surface area contributed by atoms with Crippen LogP contribution in [0.25, 0.3) is 11.1 Å². The molecule has 1 aromatic carbocycles. The van der Waals surface area contributed by atoms with Gasteiger partial charge < -0.3 is 14.1 Å². The maximum atomic E-state index is 12.4. The van der Waals surface area contributed by atoms with Gasteiger partial charge >= 0.3 is 6.09 Å². The van der Waals surface area contributed by atoms with Gasteiger partial charge in [0.15, 0.2) is 5.58 Å². The number of carbonyl (C=O) groups excluding carboxylic acids is 1. The van der Waals surface area contributed by atoms with Crippen molar-refractivity contribution in [2.24, 2.45) is 0 Å². The first-order chi connectivity index (χ1) is 11.7. The fraction of sp³-hybridized carbons (Fsp3) is 0.556. The molecule has 2 aromatic rings. The Balaban J connectivity index is 1.52. The Morgan fingerprint density at radius 3 is 2.60 bits per heavy atom. The Bertz CT molecular complexity index is 791. The summed E-state index contributed by atoms with van der Waals surface area (Å²) in [5.74, 6) is 0. The van der Waals surface area contributed by atoms with Gasteiger partial charge in [0.25, 0.3) is 6.01 Å². The van der Waals surface area contributed by atoms with E-state index in [0.717, 1.165) is 40.6 Å². The number of hydrogen-bond donors (Lipinski definition) is 0. The van der Waals surface area contributed by atoms with E-state index >= 15 is 0 Å². The molecule has 1 aromatic heterocycles. The Kier molecular flexibility index (Phi) is 3.76. The first-order valence-electron chi connectivity index (χ1n) is 8.55. The van der Waals surface area contributed by atoms with E-state index in [4.69, 9.17) is 9.15 Å². The highest BCUT2D eigenvalue weighted by molar-refractivity contribution is 9.10. The van der Waals surface area contributed by atoms with E-state index in [1.165, 1.54) is 0 Å². The number of fused-ring (bicyclic) bond motifs is 3. The zero-order chi connectivity index (χ0) is 17.9. The summed E-state index contributed by atoms with van der Waals surface area (Å²) in [5.41, 5.74) is 2.28. The number of aromatic nitrogens is 1. The van der Waals surface area contributed by atoms with Crippen LogP contribution in [0, 0.1) is 6.92 Å². The predicted octanol–water partition coefficient (Wildman–Crippen LogP) is 4.10. The number of ether oxygens (including phenoxy) is 1. The summed E-state index contributed by atoms with van der Waals surface area (Å²) in [6.45, 7) is 9.15. The number of rotatable bonds is 1. The van der Waals surface area contributed by atoms with Crippen LogP contribution in [-0.4, -0.2) is 46.8 Å². The first-order valence-corrected chi connectivity index (χ1v) is 9.34. The lowest BCUT2D eigenvalue weighted by molar-refractivity contribution is -0.0386. The molecule has 0 saturated carbocycles. The van der Waals surface area contributed by atoms with Crippen molar-refractivity contribution < 1.29 is 13.9 Å². The number of halogens is 1. The summed E-state index contributed by atoms with van der Waals surface area (Å²) in [5, 5.41) is 0. The van der Waals surface area contributed by atoms with E-state index in [2.05, 4.69) is 25.8 Å². The Morgan fingerprint density at radius 2 is 2.00 bits per heavy atom. The topological polar surface area (TPSA) is 58.8 Å². The Labute approximate surface area is 155 Å². The van der Waals surface area contributed by atoms with Crippen molar-refractivity contribution in [2.45, 2.75) is 51.8 Å². The van der Waals surface area contributed by atoms with Gasteiger partial charge in [-0.1, -0.05) is 6.07 Å². The van der Waals surface area contributed by atoms with Crippen molar-refractivity contribution >= 4 is 39.1 Å². The molecule has 0 N–H and O–H groups in total. The Hall–Kier alpha value is -1.76. The maximum absolute atomic E-state index is 12.4. The van der Waals surface area contributed by atoms with Crippen LogP contribution >= 0.6 is 15.9 Å². The molecule has 0 spiro atoms. The van der Waals surface area contributed by atoms with E-state index in [1.807, 2.05) is 44.7 Å². The minimum absolute atomic E-state index is 0.160. The van der Waals surface area contributed by atoms with Gasteiger partial charge in [0.2, 0.25) is 0 Å². The number of carbonyl (C=O) groups is 1. The number of hydrogen-bond acceptors (Lipinski definition) is 5. The van der Waals surface area contributed by atoms with Gasteiger partial charge in [-0.05, 0) is 61.7 Å². The molecule has 25 heavy (non-hydrogen) atoms. The van der Waals surface area contributed by atoms with Crippen LogP contribution in [0.5, 0.6) is 0 Å². The molecule has 134 valence electrons. The fourth-order valence-electron chi connectivity index (χ4n) is 3.60. The van der Waals surface area contributed by atoms with Crippen molar-refractivity contribution in [1.29, 1.82) is 0 Å². The molecule has 2 unspecified atom stereocenters. The molecule has 4 heterocycles. The lowest BCUT2D eigenvalue weighted by Crippen LogP contribution is -2.70. The van der Waals surface area contributed by atoms with Crippen LogP contribution in [0.15, 0.2) is 21.0 Å². The minimum atomic E-state index is -0.468. The molecule has 2 bridgehead atoms. The van der Waals surface area contributed by atoms with Gasteiger partial charge in [-0.15, -0.1) is 0 Å². The third-order valence-corrected chi connectivity index (χ3v) is 5.38. The molecule has 3 fully saturated rings. The molecule has 2 atom stereocenters. The summed E-state index contributed by atoms with van der Waals surface area (Å²) in [7, 11) is 0. The zero-order valence-corrected chi connectivity index (χ0v) is 16.5. The average molecular weight is 408 g/mol. The summed E-state index contributed by atoms with van der Waals surface area (Å²) in [6, 6.07) is 4.95. The van der Waals surface area contributed by atoms with Crippen LogP contribution in [0.2, 0.25) is 0 Å². The van der Waals surface area contributed by atoms with Gasteiger partial charge in [-0.3, -0.25) is 4.90 Å². The highest BCUT2D eigenvalue weighted by atomic mass is 79.9. The highest BCUT2D eigenvalue weighted by Crippen LogP contribution is 2.37. The molecule has 7 heteroatoms. The van der Waals surface area contributed by atoms with Crippen molar-refractivity contribution in [2.75, 3.05) is 18.0 Å². The second kappa shape index (κ2) is 5.62. The standard InChI is InChI=1S/C18H22BrN3O3/c1-10-5-6-13(19)15-14(10)20-16(24-15)21-8-11-7-12(9-21)22(11)17(23)25-18(2,3)4/h5-6,11-12H,7-9H2,1-4H3. The molecule has 5 rings (SSSR count). The van der Waals surface area contributed by atoms with Crippen LogP contribution in [0.1, 0.15) is 32.8 Å². The van der Waals surface area contributed by atoms with E-state index in [0.29, 0.717) is 6.01 Å². The number of oxazole rings is 1. The van der Waals surface area contributed by atoms with E-state index in [-0.39, 0.29) is 18.2 Å². The van der Waals surface area contributed by atoms with E-state index in [1.54, 1.807) is 0 Å². The van der Waals surface area contributed by atoms with Crippen molar-refractivity contribution in [3.8, 4) is 0 Å². The smallest absolute Gasteiger partial charge is 0.410 e. The first kappa shape index (κ1) is 16.7. The lowest BCUT2D eigenvalue weighted by atomic mass is 9.88. The molecule has 0 radical (unpaired) electrons. The predicted molar refractivity (Wildman–Crippen MR) is 98.9 cm³/mol. The van der Waals surface area contributed by atoms with Gasteiger partial charge in [0, 0.05) is 13.1 Å². The average Bonchev–Trinajstić information content (AvgIpc) is 2.96. The number of benzene rings is 1. The van der Waals surface area contributed by atoms with Crippen molar-refractivity contribution in [1.82, 2.24) is 9.88 Å². The number of piperidine rings is 1. The summed E-state index contributed by atoms with van der Waals surface area (Å²) < 4.78 is 12.4. The maximum Gasteiger partial charge on any atom is 0.410 e. The lowest BCUT2D eigenvalue weighted by Gasteiger charge is -2.55. The van der Waals surface area contributed by atoms with Crippen LogP contribution < -0.4 is 4.90 Å². The molecular formula is C18H22BrN3O3. The van der Waals surface area contributed by atoms with E-state index in [9.17, 15) is 4.79 Å². The molecule has 0 aliphatic carbocycles. The number of nitrogens with zero attached hydrogens (tertiary/aromatic N) is 3. The molecule has 3 aliphatic rings. The monoisotopic (exact) mass is 407 g/mol. The third-order valence-electron chi connectivity index (χ3n) is 4.75. The second-order valence-electron chi connectivity index (χ2n) is 7.87. The van der Waals surface area contributed by atoms with Crippen LogP contribution in [0.4, 0.5) is 10.8 Å². The largest absolute Gasteiger partial charge is 0.444 e.